The van der Waals surface area contributed by atoms with Gasteiger partial charge in [-0.05, 0) is 25.0 Å². The topological polar surface area (TPSA) is 43.6 Å². The first-order valence-corrected chi connectivity index (χ1v) is 6.01. The van der Waals surface area contributed by atoms with Crippen molar-refractivity contribution in [2.45, 2.75) is 32.0 Å². The van der Waals surface area contributed by atoms with Gasteiger partial charge in [-0.25, -0.2) is 9.67 Å². The lowest BCUT2D eigenvalue weighted by Crippen LogP contribution is -2.11. The smallest absolute Gasteiger partial charge is 0.252 e. The van der Waals surface area contributed by atoms with E-state index in [-0.39, 0.29) is 0 Å². The van der Waals surface area contributed by atoms with Gasteiger partial charge in [-0.3, -0.25) is 4.98 Å². The third kappa shape index (κ3) is 2.32. The van der Waals surface area contributed by atoms with Gasteiger partial charge >= 0.3 is 6.18 Å². The number of fused-ring (bicyclic) bond motifs is 1. The predicted octanol–water partition coefficient (Wildman–Crippen LogP) is 2.70. The van der Waals surface area contributed by atoms with E-state index in [0.717, 1.165) is 43.9 Å². The molecular weight excluding hydrogens is 257 g/mol. The fraction of sp³-hybridized carbons (Fsp3) is 0.417. The molecule has 0 fully saturated rings. The standard InChI is InChI=1S/C12H11F3N4/c13-12(14,15)9-7-8(4-5-16-9)11-17-10-3-1-2-6-19(10)18-11/h4-5,7H,1-3,6H2. The second kappa shape index (κ2) is 4.32. The largest absolute Gasteiger partial charge is 0.433 e. The van der Waals surface area contributed by atoms with Crippen molar-refractivity contribution in [1.82, 2.24) is 19.7 Å². The quantitative estimate of drug-likeness (QED) is 0.798. The molecule has 0 atom stereocenters. The van der Waals surface area contributed by atoms with Crippen LogP contribution in [0.2, 0.25) is 0 Å². The van der Waals surface area contributed by atoms with Crippen molar-refractivity contribution < 1.29 is 13.2 Å². The second-order valence-electron chi connectivity index (χ2n) is 4.46. The zero-order chi connectivity index (χ0) is 13.5. The molecule has 3 rings (SSSR count). The molecule has 1 aliphatic heterocycles. The summed E-state index contributed by atoms with van der Waals surface area (Å²) in [5.74, 6) is 1.18. The molecule has 7 heteroatoms. The van der Waals surface area contributed by atoms with Gasteiger partial charge in [0, 0.05) is 24.7 Å². The van der Waals surface area contributed by atoms with E-state index >= 15 is 0 Å². The zero-order valence-corrected chi connectivity index (χ0v) is 9.98. The van der Waals surface area contributed by atoms with Gasteiger partial charge in [0.1, 0.15) is 11.5 Å². The summed E-state index contributed by atoms with van der Waals surface area (Å²) in [7, 11) is 0. The van der Waals surface area contributed by atoms with Crippen LogP contribution in [0.1, 0.15) is 24.4 Å². The molecule has 0 radical (unpaired) electrons. The van der Waals surface area contributed by atoms with Crippen molar-refractivity contribution in [2.24, 2.45) is 0 Å². The van der Waals surface area contributed by atoms with Crippen LogP contribution < -0.4 is 0 Å². The fourth-order valence-electron chi connectivity index (χ4n) is 2.13. The summed E-state index contributed by atoms with van der Waals surface area (Å²) in [6.45, 7) is 0.777. The monoisotopic (exact) mass is 268 g/mol. The third-order valence-corrected chi connectivity index (χ3v) is 3.08. The Balaban J connectivity index is 2.00. The second-order valence-corrected chi connectivity index (χ2v) is 4.46. The van der Waals surface area contributed by atoms with Crippen LogP contribution in [0.4, 0.5) is 13.2 Å². The van der Waals surface area contributed by atoms with Gasteiger partial charge in [0.05, 0.1) is 0 Å². The van der Waals surface area contributed by atoms with Crippen LogP contribution >= 0.6 is 0 Å². The summed E-state index contributed by atoms with van der Waals surface area (Å²) < 4.78 is 39.6. The van der Waals surface area contributed by atoms with Crippen LogP contribution in [0.25, 0.3) is 11.4 Å². The van der Waals surface area contributed by atoms with Crippen LogP contribution in [0.5, 0.6) is 0 Å². The summed E-state index contributed by atoms with van der Waals surface area (Å²) in [5.41, 5.74) is -0.568. The first-order chi connectivity index (χ1) is 9.04. The summed E-state index contributed by atoms with van der Waals surface area (Å²) in [6.07, 6.45) is -0.417. The van der Waals surface area contributed by atoms with Crippen molar-refractivity contribution in [3.63, 3.8) is 0 Å². The average molecular weight is 268 g/mol. The SMILES string of the molecule is FC(F)(F)c1cc(-c2nc3n(n2)CCCC3)ccn1. The number of aryl methyl sites for hydroxylation is 2. The molecule has 0 spiro atoms. The highest BCUT2D eigenvalue weighted by atomic mass is 19.4. The molecule has 4 nitrogen and oxygen atoms in total. The van der Waals surface area contributed by atoms with Gasteiger partial charge in [0.15, 0.2) is 5.82 Å². The van der Waals surface area contributed by atoms with Crippen molar-refractivity contribution in [1.29, 1.82) is 0 Å². The van der Waals surface area contributed by atoms with E-state index in [9.17, 15) is 13.2 Å². The molecule has 19 heavy (non-hydrogen) atoms. The lowest BCUT2D eigenvalue weighted by atomic mass is 10.2. The van der Waals surface area contributed by atoms with Crippen LogP contribution in [-0.2, 0) is 19.1 Å². The highest BCUT2D eigenvalue weighted by Gasteiger charge is 2.32. The summed E-state index contributed by atoms with van der Waals surface area (Å²) >= 11 is 0. The maximum atomic E-state index is 12.6. The molecule has 0 unspecified atom stereocenters. The Labute approximate surface area is 107 Å². The van der Waals surface area contributed by atoms with Gasteiger partial charge in [-0.2, -0.15) is 18.3 Å². The minimum Gasteiger partial charge on any atom is -0.252 e. The minimum absolute atomic E-state index is 0.338. The Morgan fingerprint density at radius 2 is 2.05 bits per heavy atom. The number of aromatic nitrogens is 4. The number of hydrogen-bond donors (Lipinski definition) is 0. The fourth-order valence-corrected chi connectivity index (χ4v) is 2.13. The molecule has 3 heterocycles. The first-order valence-electron chi connectivity index (χ1n) is 6.01. The van der Waals surface area contributed by atoms with Crippen molar-refractivity contribution in [3.05, 3.63) is 29.8 Å². The molecular formula is C12H11F3N4. The molecule has 0 aromatic carbocycles. The molecule has 2 aromatic heterocycles. The number of pyridine rings is 1. The maximum absolute atomic E-state index is 12.6. The van der Waals surface area contributed by atoms with Crippen LogP contribution in [0.15, 0.2) is 18.3 Å². The summed E-state index contributed by atoms with van der Waals surface area (Å²) in [5, 5.41) is 4.25. The van der Waals surface area contributed by atoms with Crippen LogP contribution in [0.3, 0.4) is 0 Å². The van der Waals surface area contributed by atoms with Gasteiger partial charge in [0.2, 0.25) is 0 Å². The minimum atomic E-state index is -4.45. The van der Waals surface area contributed by atoms with Crippen molar-refractivity contribution in [3.8, 4) is 11.4 Å². The van der Waals surface area contributed by atoms with Crippen LogP contribution in [0, 0.1) is 0 Å². The zero-order valence-electron chi connectivity index (χ0n) is 9.98. The van der Waals surface area contributed by atoms with E-state index in [0.29, 0.717) is 11.4 Å². The van der Waals surface area contributed by atoms with E-state index in [1.165, 1.54) is 6.07 Å². The molecule has 1 aliphatic rings. The molecule has 100 valence electrons. The van der Waals surface area contributed by atoms with Gasteiger partial charge in [-0.1, -0.05) is 0 Å². The van der Waals surface area contributed by atoms with Gasteiger partial charge in [0.25, 0.3) is 0 Å². The predicted molar refractivity (Wildman–Crippen MR) is 61.2 cm³/mol. The number of alkyl halides is 3. The summed E-state index contributed by atoms with van der Waals surface area (Å²) in [6, 6.07) is 2.48. The Kier molecular flexibility index (Phi) is 2.76. The number of nitrogens with zero attached hydrogens (tertiary/aromatic N) is 4. The Hall–Kier alpha value is -1.92. The van der Waals surface area contributed by atoms with E-state index < -0.39 is 11.9 Å². The van der Waals surface area contributed by atoms with Gasteiger partial charge < -0.3 is 0 Å². The van der Waals surface area contributed by atoms with E-state index in [1.807, 2.05) is 0 Å². The Bertz CT molecular complexity index is 580. The Morgan fingerprint density at radius 1 is 1.21 bits per heavy atom. The third-order valence-electron chi connectivity index (χ3n) is 3.08. The van der Waals surface area contributed by atoms with Crippen molar-refractivity contribution >= 4 is 0 Å². The van der Waals surface area contributed by atoms with Crippen molar-refractivity contribution in [2.75, 3.05) is 0 Å². The Morgan fingerprint density at radius 3 is 2.79 bits per heavy atom. The lowest BCUT2D eigenvalue weighted by molar-refractivity contribution is -0.141. The van der Waals surface area contributed by atoms with Crippen LogP contribution in [-0.4, -0.2) is 19.7 Å². The molecule has 0 bridgehead atoms. The van der Waals surface area contributed by atoms with E-state index in [2.05, 4.69) is 15.1 Å². The number of hydrogen-bond acceptors (Lipinski definition) is 3. The first kappa shape index (κ1) is 12.1. The highest BCUT2D eigenvalue weighted by Crippen LogP contribution is 2.29. The van der Waals surface area contributed by atoms with E-state index in [4.69, 9.17) is 0 Å². The van der Waals surface area contributed by atoms with E-state index in [1.54, 1.807) is 4.68 Å². The molecule has 0 N–H and O–H groups in total. The lowest BCUT2D eigenvalue weighted by Gasteiger charge is -2.09. The molecule has 0 amide bonds. The number of halogens is 3. The molecule has 2 aromatic rings. The number of rotatable bonds is 1. The molecule has 0 saturated carbocycles. The molecule has 0 aliphatic carbocycles. The maximum Gasteiger partial charge on any atom is 0.433 e. The average Bonchev–Trinajstić information content (AvgIpc) is 2.81. The van der Waals surface area contributed by atoms with Gasteiger partial charge in [-0.15, -0.1) is 0 Å². The summed E-state index contributed by atoms with van der Waals surface area (Å²) in [4.78, 5) is 7.63. The molecule has 0 saturated heterocycles. The highest BCUT2D eigenvalue weighted by molar-refractivity contribution is 5.54. The normalized spacial score (nSPS) is 15.3.